The highest BCUT2D eigenvalue weighted by atomic mass is 16.5. The molecule has 6 heteroatoms. The van der Waals surface area contributed by atoms with E-state index in [9.17, 15) is 0 Å². The number of fused-ring (bicyclic) bond motifs is 1. The Hall–Kier alpha value is -3.07. The molecule has 2 heterocycles. The molecule has 0 spiro atoms. The van der Waals surface area contributed by atoms with E-state index in [1.165, 1.54) is 0 Å². The van der Waals surface area contributed by atoms with Crippen LogP contribution in [0.5, 0.6) is 11.5 Å². The van der Waals surface area contributed by atoms with Crippen molar-refractivity contribution in [3.8, 4) is 29.0 Å². The fraction of sp³-hybridized carbons (Fsp3) is 0.133. The number of benzene rings is 1. The first-order chi connectivity index (χ1) is 10.3. The van der Waals surface area contributed by atoms with Crippen LogP contribution in [0.3, 0.4) is 0 Å². The molecule has 21 heavy (non-hydrogen) atoms. The number of rotatable bonds is 3. The van der Waals surface area contributed by atoms with Gasteiger partial charge < -0.3 is 9.47 Å². The molecule has 0 aliphatic rings. The van der Waals surface area contributed by atoms with Crippen molar-refractivity contribution in [3.05, 3.63) is 42.1 Å². The summed E-state index contributed by atoms with van der Waals surface area (Å²) in [7, 11) is 3.19. The summed E-state index contributed by atoms with van der Waals surface area (Å²) < 4.78 is 12.4. The first kappa shape index (κ1) is 12.9. The summed E-state index contributed by atoms with van der Waals surface area (Å²) in [5.74, 6) is 2.00. The van der Waals surface area contributed by atoms with Gasteiger partial charge in [-0.2, -0.15) is 5.26 Å². The predicted octanol–water partition coefficient (Wildman–Crippen LogP) is 2.29. The molecular weight excluding hydrogens is 268 g/mol. The molecule has 0 aliphatic heterocycles. The maximum absolute atomic E-state index is 8.92. The van der Waals surface area contributed by atoms with Crippen LogP contribution in [0, 0.1) is 11.3 Å². The van der Waals surface area contributed by atoms with Gasteiger partial charge in [0.15, 0.2) is 11.5 Å². The van der Waals surface area contributed by atoms with E-state index in [0.29, 0.717) is 28.5 Å². The van der Waals surface area contributed by atoms with Crippen molar-refractivity contribution < 1.29 is 9.47 Å². The minimum absolute atomic E-state index is 0.545. The molecule has 1 aromatic carbocycles. The molecule has 3 rings (SSSR count). The number of nitrogens with zero attached hydrogens (tertiary/aromatic N) is 4. The third kappa shape index (κ3) is 2.15. The fourth-order valence-electron chi connectivity index (χ4n) is 2.13. The van der Waals surface area contributed by atoms with Gasteiger partial charge in [0.05, 0.1) is 31.4 Å². The summed E-state index contributed by atoms with van der Waals surface area (Å²) in [5, 5.41) is 17.2. The normalized spacial score (nSPS) is 10.3. The smallest absolute Gasteiger partial charge is 0.172 e. The highest BCUT2D eigenvalue weighted by Gasteiger charge is 2.14. The van der Waals surface area contributed by atoms with Crippen molar-refractivity contribution >= 4 is 5.65 Å². The van der Waals surface area contributed by atoms with Crippen LogP contribution in [0.2, 0.25) is 0 Å². The standard InChI is InChI=1S/C15H12N4O2/c1-20-11-3-4-12(13(8-11)21-2)15-18-17-14-7-10(9-16)5-6-19(14)15/h3-8H,1-2H3. The molecule has 0 bridgehead atoms. The van der Waals surface area contributed by atoms with E-state index in [0.717, 1.165) is 5.56 Å². The van der Waals surface area contributed by atoms with Crippen molar-refractivity contribution in [2.45, 2.75) is 0 Å². The molecule has 104 valence electrons. The Morgan fingerprint density at radius 2 is 1.95 bits per heavy atom. The van der Waals surface area contributed by atoms with E-state index in [1.807, 2.05) is 16.5 Å². The van der Waals surface area contributed by atoms with E-state index in [-0.39, 0.29) is 0 Å². The summed E-state index contributed by atoms with van der Waals surface area (Å²) in [6.07, 6.45) is 1.77. The lowest BCUT2D eigenvalue weighted by molar-refractivity contribution is 0.395. The minimum atomic E-state index is 0.545. The zero-order valence-electron chi connectivity index (χ0n) is 11.6. The Kier molecular flexibility index (Phi) is 3.16. The third-order valence-corrected chi connectivity index (χ3v) is 3.19. The van der Waals surface area contributed by atoms with Crippen molar-refractivity contribution in [2.75, 3.05) is 14.2 Å². The van der Waals surface area contributed by atoms with Gasteiger partial charge in [-0.05, 0) is 18.2 Å². The van der Waals surface area contributed by atoms with Gasteiger partial charge in [-0.1, -0.05) is 0 Å². The molecule has 0 unspecified atom stereocenters. The van der Waals surface area contributed by atoms with Gasteiger partial charge in [-0.15, -0.1) is 10.2 Å². The molecule has 0 saturated heterocycles. The lowest BCUT2D eigenvalue weighted by atomic mass is 10.1. The summed E-state index contributed by atoms with van der Waals surface area (Å²) >= 11 is 0. The second kappa shape index (κ2) is 5.13. The van der Waals surface area contributed by atoms with Crippen molar-refractivity contribution in [3.63, 3.8) is 0 Å². The van der Waals surface area contributed by atoms with Crippen molar-refractivity contribution in [1.29, 1.82) is 5.26 Å². The van der Waals surface area contributed by atoms with E-state index in [1.54, 1.807) is 38.6 Å². The van der Waals surface area contributed by atoms with E-state index in [4.69, 9.17) is 14.7 Å². The Morgan fingerprint density at radius 3 is 2.67 bits per heavy atom. The minimum Gasteiger partial charge on any atom is -0.497 e. The number of aromatic nitrogens is 3. The van der Waals surface area contributed by atoms with Crippen molar-refractivity contribution in [1.82, 2.24) is 14.6 Å². The van der Waals surface area contributed by atoms with Gasteiger partial charge in [-0.3, -0.25) is 4.40 Å². The second-order valence-corrected chi connectivity index (χ2v) is 4.35. The molecule has 0 fully saturated rings. The molecule has 0 amide bonds. The number of ether oxygens (including phenoxy) is 2. The summed E-state index contributed by atoms with van der Waals surface area (Å²) in [6.45, 7) is 0. The van der Waals surface area contributed by atoms with Crippen LogP contribution < -0.4 is 9.47 Å². The van der Waals surface area contributed by atoms with Gasteiger partial charge in [0.25, 0.3) is 0 Å². The molecule has 0 atom stereocenters. The quantitative estimate of drug-likeness (QED) is 0.736. The molecule has 6 nitrogen and oxygen atoms in total. The van der Waals surface area contributed by atoms with E-state index >= 15 is 0 Å². The van der Waals surface area contributed by atoms with Gasteiger partial charge >= 0.3 is 0 Å². The molecule has 2 aromatic heterocycles. The van der Waals surface area contributed by atoms with E-state index < -0.39 is 0 Å². The monoisotopic (exact) mass is 280 g/mol. The number of methoxy groups -OCH3 is 2. The van der Waals surface area contributed by atoms with Crippen LogP contribution in [0.4, 0.5) is 0 Å². The third-order valence-electron chi connectivity index (χ3n) is 3.19. The van der Waals surface area contributed by atoms with Gasteiger partial charge in [0.1, 0.15) is 11.5 Å². The Balaban J connectivity index is 2.19. The van der Waals surface area contributed by atoms with Crippen LogP contribution in [-0.4, -0.2) is 28.8 Å². The molecule has 0 radical (unpaired) electrons. The predicted molar refractivity (Wildman–Crippen MR) is 76.2 cm³/mol. The fourth-order valence-corrected chi connectivity index (χ4v) is 2.13. The molecular formula is C15H12N4O2. The number of hydrogen-bond acceptors (Lipinski definition) is 5. The average Bonchev–Trinajstić information content (AvgIpc) is 2.96. The van der Waals surface area contributed by atoms with Crippen molar-refractivity contribution in [2.24, 2.45) is 0 Å². The Morgan fingerprint density at radius 1 is 1.10 bits per heavy atom. The lowest BCUT2D eigenvalue weighted by Crippen LogP contribution is -1.94. The van der Waals surface area contributed by atoms with Crippen LogP contribution >= 0.6 is 0 Å². The first-order valence-corrected chi connectivity index (χ1v) is 6.24. The molecule has 0 N–H and O–H groups in total. The maximum atomic E-state index is 8.92. The Labute approximate surface area is 121 Å². The molecule has 0 aliphatic carbocycles. The number of nitriles is 1. The summed E-state index contributed by atoms with van der Waals surface area (Å²) in [5.41, 5.74) is 1.96. The van der Waals surface area contributed by atoms with Gasteiger partial charge in [0, 0.05) is 18.3 Å². The molecule has 0 saturated carbocycles. The topological polar surface area (TPSA) is 72.4 Å². The highest BCUT2D eigenvalue weighted by molar-refractivity contribution is 5.68. The van der Waals surface area contributed by atoms with Crippen LogP contribution in [0.1, 0.15) is 5.56 Å². The first-order valence-electron chi connectivity index (χ1n) is 6.24. The number of hydrogen-bond donors (Lipinski definition) is 0. The second-order valence-electron chi connectivity index (χ2n) is 4.35. The van der Waals surface area contributed by atoms with E-state index in [2.05, 4.69) is 16.3 Å². The van der Waals surface area contributed by atoms with Crippen LogP contribution in [0.25, 0.3) is 17.0 Å². The molecule has 3 aromatic rings. The summed E-state index contributed by atoms with van der Waals surface area (Å²) in [6, 6.07) is 11.0. The average molecular weight is 280 g/mol. The number of pyridine rings is 1. The van der Waals surface area contributed by atoms with Crippen LogP contribution in [-0.2, 0) is 0 Å². The zero-order chi connectivity index (χ0) is 14.8. The maximum Gasteiger partial charge on any atom is 0.172 e. The SMILES string of the molecule is COc1ccc(-c2nnc3cc(C#N)ccn23)c(OC)c1. The lowest BCUT2D eigenvalue weighted by Gasteiger charge is -2.09. The highest BCUT2D eigenvalue weighted by Crippen LogP contribution is 2.32. The summed E-state index contributed by atoms with van der Waals surface area (Å²) in [4.78, 5) is 0. The van der Waals surface area contributed by atoms with Gasteiger partial charge in [-0.25, -0.2) is 0 Å². The van der Waals surface area contributed by atoms with Crippen LogP contribution in [0.15, 0.2) is 36.5 Å². The largest absolute Gasteiger partial charge is 0.497 e. The zero-order valence-corrected chi connectivity index (χ0v) is 11.6. The van der Waals surface area contributed by atoms with Gasteiger partial charge in [0.2, 0.25) is 0 Å². The Bertz CT molecular complexity index is 848.